The number of benzene rings is 2. The van der Waals surface area contributed by atoms with Crippen LogP contribution in [0.15, 0.2) is 48.5 Å². The molecule has 0 saturated carbocycles. The summed E-state index contributed by atoms with van der Waals surface area (Å²) >= 11 is 0. The Morgan fingerprint density at radius 2 is 2.00 bits per heavy atom. The molecule has 6 heteroatoms. The Balaban J connectivity index is 1.45. The van der Waals surface area contributed by atoms with Gasteiger partial charge in [-0.3, -0.25) is 4.79 Å². The van der Waals surface area contributed by atoms with Crippen molar-refractivity contribution in [2.75, 3.05) is 13.1 Å². The molecule has 1 amide bonds. The zero-order valence-electron chi connectivity index (χ0n) is 15.2. The molecule has 2 aromatic carbocycles. The van der Waals surface area contributed by atoms with E-state index in [2.05, 4.69) is 29.2 Å². The van der Waals surface area contributed by atoms with Crippen LogP contribution in [-0.2, 0) is 6.54 Å². The first kappa shape index (κ1) is 17.8. The predicted molar refractivity (Wildman–Crippen MR) is 108 cm³/mol. The fraction of sp³-hybridized carbons (Fsp3) is 0.286. The third-order valence-corrected chi connectivity index (χ3v) is 5.46. The maximum atomic E-state index is 12.9. The van der Waals surface area contributed by atoms with Crippen LogP contribution in [0.3, 0.4) is 0 Å². The van der Waals surface area contributed by atoms with E-state index in [4.69, 9.17) is 10.8 Å². The minimum absolute atomic E-state index is 0.0369. The molecule has 1 radical (unpaired) electrons. The third-order valence-electron chi connectivity index (χ3n) is 5.46. The zero-order chi connectivity index (χ0) is 18.8. The lowest BCUT2D eigenvalue weighted by molar-refractivity contribution is 0.0708. The van der Waals surface area contributed by atoms with E-state index in [1.54, 1.807) is 0 Å². The number of amides is 1. The quantitative estimate of drug-likeness (QED) is 0.622. The Labute approximate surface area is 159 Å². The van der Waals surface area contributed by atoms with Gasteiger partial charge < -0.3 is 20.6 Å². The molecule has 5 nitrogen and oxygen atoms in total. The average Bonchev–Trinajstić information content (AvgIpc) is 3.16. The Morgan fingerprint density at radius 3 is 2.74 bits per heavy atom. The van der Waals surface area contributed by atoms with Crippen molar-refractivity contribution < 1.29 is 9.82 Å². The van der Waals surface area contributed by atoms with E-state index in [-0.39, 0.29) is 5.91 Å². The third kappa shape index (κ3) is 3.63. The van der Waals surface area contributed by atoms with Crippen LogP contribution in [0.4, 0.5) is 0 Å². The van der Waals surface area contributed by atoms with Gasteiger partial charge in [-0.25, -0.2) is 0 Å². The summed E-state index contributed by atoms with van der Waals surface area (Å²) in [5.74, 6) is 0.515. The van der Waals surface area contributed by atoms with Gasteiger partial charge in [0.25, 0.3) is 5.91 Å². The van der Waals surface area contributed by atoms with Crippen LogP contribution in [0.1, 0.15) is 40.4 Å². The molecule has 1 fully saturated rings. The summed E-state index contributed by atoms with van der Waals surface area (Å²) in [6, 6.07) is 15.9. The fourth-order valence-corrected chi connectivity index (χ4v) is 3.91. The highest BCUT2D eigenvalue weighted by atomic mass is 16.2. The van der Waals surface area contributed by atoms with Gasteiger partial charge in [0.05, 0.1) is 0 Å². The smallest absolute Gasteiger partial charge is 0.326 e. The molecule has 0 atom stereocenters. The highest BCUT2D eigenvalue weighted by molar-refractivity contribution is 6.46. The van der Waals surface area contributed by atoms with Gasteiger partial charge in [-0.1, -0.05) is 41.9 Å². The molecule has 137 valence electrons. The Kier molecular flexibility index (Phi) is 5.01. The normalized spacial score (nSPS) is 15.3. The molecule has 0 aliphatic carbocycles. The molecule has 1 aromatic heterocycles. The first-order chi connectivity index (χ1) is 13.2. The van der Waals surface area contributed by atoms with E-state index in [1.807, 2.05) is 29.2 Å². The second-order valence-corrected chi connectivity index (χ2v) is 7.17. The molecule has 4 N–H and O–H groups in total. The van der Waals surface area contributed by atoms with Crippen molar-refractivity contribution >= 4 is 29.8 Å². The van der Waals surface area contributed by atoms with Gasteiger partial charge in [0.2, 0.25) is 0 Å². The number of piperidine rings is 1. The SMILES string of the molecule is NCc1cccc(C2CCN(C(=O)c3cc4cc([B]O)ccc4[nH]3)CC2)c1. The first-order valence-electron chi connectivity index (χ1n) is 9.36. The molecule has 0 spiro atoms. The van der Waals surface area contributed by atoms with Gasteiger partial charge in [0, 0.05) is 25.2 Å². The van der Waals surface area contributed by atoms with Crippen LogP contribution >= 0.6 is 0 Å². The standard InChI is InChI=1S/C21H23BN3O2/c23-13-14-2-1-3-16(10-14)15-6-8-25(9-7-15)21(26)20-12-17-11-18(22-27)4-5-19(17)24-20/h1-5,10-12,15,24,27H,6-9,13,23H2. The molecule has 1 aliphatic rings. The second kappa shape index (κ2) is 7.58. The van der Waals surface area contributed by atoms with Gasteiger partial charge in [-0.2, -0.15) is 0 Å². The molecule has 27 heavy (non-hydrogen) atoms. The van der Waals surface area contributed by atoms with Crippen LogP contribution in [0, 0.1) is 0 Å². The van der Waals surface area contributed by atoms with Crippen molar-refractivity contribution in [3.63, 3.8) is 0 Å². The number of nitrogens with two attached hydrogens (primary N) is 1. The predicted octanol–water partition coefficient (Wildman–Crippen LogP) is 1.88. The highest BCUT2D eigenvalue weighted by Crippen LogP contribution is 2.29. The number of hydrogen-bond donors (Lipinski definition) is 3. The van der Waals surface area contributed by atoms with E-state index < -0.39 is 0 Å². The van der Waals surface area contributed by atoms with E-state index in [1.165, 1.54) is 5.56 Å². The first-order valence-corrected chi connectivity index (χ1v) is 9.36. The summed E-state index contributed by atoms with van der Waals surface area (Å²) < 4.78 is 0. The van der Waals surface area contributed by atoms with E-state index in [0.717, 1.165) is 55.3 Å². The summed E-state index contributed by atoms with van der Waals surface area (Å²) in [5.41, 5.74) is 10.5. The van der Waals surface area contributed by atoms with E-state index in [0.29, 0.717) is 18.2 Å². The number of nitrogens with one attached hydrogen (secondary N) is 1. The Bertz CT molecular complexity index is 961. The number of aromatic amines is 1. The van der Waals surface area contributed by atoms with Gasteiger partial charge in [-0.05, 0) is 47.4 Å². The number of likely N-dealkylation sites (tertiary alicyclic amines) is 1. The highest BCUT2D eigenvalue weighted by Gasteiger charge is 2.25. The van der Waals surface area contributed by atoms with Crippen molar-refractivity contribution in [1.29, 1.82) is 0 Å². The maximum absolute atomic E-state index is 12.9. The van der Waals surface area contributed by atoms with Gasteiger partial charge >= 0.3 is 7.48 Å². The lowest BCUT2D eigenvalue weighted by Gasteiger charge is -2.32. The van der Waals surface area contributed by atoms with Crippen LogP contribution < -0.4 is 11.2 Å². The summed E-state index contributed by atoms with van der Waals surface area (Å²) in [6.07, 6.45) is 1.92. The lowest BCUT2D eigenvalue weighted by atomic mass is 9.88. The lowest BCUT2D eigenvalue weighted by Crippen LogP contribution is -2.38. The second-order valence-electron chi connectivity index (χ2n) is 7.17. The number of carbonyl (C=O) groups excluding carboxylic acids is 1. The number of rotatable bonds is 4. The Hall–Kier alpha value is -2.57. The van der Waals surface area contributed by atoms with Crippen LogP contribution in [0.5, 0.6) is 0 Å². The summed E-state index contributed by atoms with van der Waals surface area (Å²) in [4.78, 5) is 18.0. The van der Waals surface area contributed by atoms with Crippen LogP contribution in [-0.4, -0.2) is 41.4 Å². The number of fused-ring (bicyclic) bond motifs is 1. The van der Waals surface area contributed by atoms with Gasteiger partial charge in [0.15, 0.2) is 0 Å². The van der Waals surface area contributed by atoms with Gasteiger partial charge in [0.1, 0.15) is 5.69 Å². The minimum atomic E-state index is 0.0369. The number of carbonyl (C=O) groups is 1. The topological polar surface area (TPSA) is 82.3 Å². The summed E-state index contributed by atoms with van der Waals surface area (Å²) in [5, 5.41) is 10.1. The van der Waals surface area contributed by atoms with Crippen molar-refractivity contribution in [3.8, 4) is 0 Å². The Morgan fingerprint density at radius 1 is 1.19 bits per heavy atom. The van der Waals surface area contributed by atoms with Crippen molar-refractivity contribution in [3.05, 3.63) is 65.4 Å². The van der Waals surface area contributed by atoms with Crippen molar-refractivity contribution in [2.24, 2.45) is 5.73 Å². The molecule has 1 saturated heterocycles. The molecular formula is C21H23BN3O2. The number of H-pyrrole nitrogens is 1. The average molecular weight is 360 g/mol. The molecule has 3 aromatic rings. The molecule has 2 heterocycles. The van der Waals surface area contributed by atoms with E-state index >= 15 is 0 Å². The number of nitrogens with zero attached hydrogens (tertiary/aromatic N) is 1. The monoisotopic (exact) mass is 360 g/mol. The largest absolute Gasteiger partial charge is 0.450 e. The maximum Gasteiger partial charge on any atom is 0.326 e. The molecule has 0 bridgehead atoms. The van der Waals surface area contributed by atoms with Crippen LogP contribution in [0.2, 0.25) is 0 Å². The number of hydrogen-bond acceptors (Lipinski definition) is 3. The molecule has 0 unspecified atom stereocenters. The van der Waals surface area contributed by atoms with Crippen molar-refractivity contribution in [1.82, 2.24) is 9.88 Å². The van der Waals surface area contributed by atoms with Crippen LogP contribution in [0.25, 0.3) is 10.9 Å². The van der Waals surface area contributed by atoms with Crippen molar-refractivity contribution in [2.45, 2.75) is 25.3 Å². The van der Waals surface area contributed by atoms with E-state index in [9.17, 15) is 4.79 Å². The molecule has 1 aliphatic heterocycles. The zero-order valence-corrected chi connectivity index (χ0v) is 15.2. The van der Waals surface area contributed by atoms with Gasteiger partial charge in [-0.15, -0.1) is 0 Å². The number of aromatic nitrogens is 1. The molecular weight excluding hydrogens is 337 g/mol. The fourth-order valence-electron chi connectivity index (χ4n) is 3.91. The summed E-state index contributed by atoms with van der Waals surface area (Å²) in [6.45, 7) is 2.06. The minimum Gasteiger partial charge on any atom is -0.450 e. The summed E-state index contributed by atoms with van der Waals surface area (Å²) in [7, 11) is 1.07. The molecule has 4 rings (SSSR count).